The van der Waals surface area contributed by atoms with Gasteiger partial charge in [-0.15, -0.1) is 0 Å². The monoisotopic (exact) mass is 221 g/mol. The van der Waals surface area contributed by atoms with Crippen LogP contribution in [0.3, 0.4) is 0 Å². The van der Waals surface area contributed by atoms with Crippen molar-refractivity contribution in [1.29, 1.82) is 0 Å². The van der Waals surface area contributed by atoms with Crippen molar-refractivity contribution >= 4 is 5.69 Å². The summed E-state index contributed by atoms with van der Waals surface area (Å²) in [7, 11) is 2.09. The lowest BCUT2D eigenvalue weighted by Crippen LogP contribution is -2.20. The summed E-state index contributed by atoms with van der Waals surface area (Å²) in [6.07, 6.45) is 2.80. The summed E-state index contributed by atoms with van der Waals surface area (Å²) in [6.45, 7) is 5.25. The molecular formula is C14H23NO. The zero-order chi connectivity index (χ0) is 12.0. The first kappa shape index (κ1) is 13.0. The molecule has 0 heterocycles. The Bertz CT molecular complexity index is 311. The van der Waals surface area contributed by atoms with Crippen LogP contribution in [0.4, 0.5) is 5.69 Å². The van der Waals surface area contributed by atoms with Crippen molar-refractivity contribution in [3.63, 3.8) is 0 Å². The maximum absolute atomic E-state index is 9.96. The van der Waals surface area contributed by atoms with Crippen LogP contribution in [0.1, 0.15) is 44.8 Å². The van der Waals surface area contributed by atoms with E-state index in [4.69, 9.17) is 0 Å². The Morgan fingerprint density at radius 2 is 1.94 bits per heavy atom. The second-order valence-electron chi connectivity index (χ2n) is 4.26. The molecule has 2 heteroatoms. The molecular weight excluding hydrogens is 198 g/mol. The van der Waals surface area contributed by atoms with Gasteiger partial charge in [0.05, 0.1) is 6.10 Å². The Kier molecular flexibility index (Phi) is 5.33. The van der Waals surface area contributed by atoms with Gasteiger partial charge in [-0.1, -0.05) is 38.5 Å². The van der Waals surface area contributed by atoms with E-state index in [1.54, 1.807) is 0 Å². The van der Waals surface area contributed by atoms with E-state index in [1.807, 2.05) is 25.1 Å². The van der Waals surface area contributed by atoms with Crippen LogP contribution in [-0.4, -0.2) is 18.7 Å². The van der Waals surface area contributed by atoms with E-state index in [2.05, 4.69) is 24.9 Å². The van der Waals surface area contributed by atoms with Crippen molar-refractivity contribution in [3.8, 4) is 0 Å². The number of para-hydroxylation sites is 1. The Hall–Kier alpha value is -1.02. The molecule has 0 aliphatic carbocycles. The first-order chi connectivity index (χ1) is 7.70. The number of unbranched alkanes of at least 4 members (excludes halogenated alkanes) is 1. The van der Waals surface area contributed by atoms with Gasteiger partial charge in [-0.05, 0) is 18.9 Å². The minimum Gasteiger partial charge on any atom is -0.388 e. The third-order valence-corrected chi connectivity index (χ3v) is 2.94. The average Bonchev–Trinajstić information content (AvgIpc) is 2.35. The Morgan fingerprint density at radius 3 is 2.56 bits per heavy atom. The maximum atomic E-state index is 9.96. The molecule has 0 aromatic heterocycles. The number of hydrogen-bond donors (Lipinski definition) is 1. The third kappa shape index (κ3) is 3.24. The quantitative estimate of drug-likeness (QED) is 0.796. The van der Waals surface area contributed by atoms with Gasteiger partial charge in [0.1, 0.15) is 0 Å². The maximum Gasteiger partial charge on any atom is 0.0807 e. The van der Waals surface area contributed by atoms with Gasteiger partial charge in [-0.3, -0.25) is 0 Å². The molecule has 0 amide bonds. The largest absolute Gasteiger partial charge is 0.388 e. The van der Waals surface area contributed by atoms with E-state index >= 15 is 0 Å². The molecule has 16 heavy (non-hydrogen) atoms. The fraction of sp³-hybridized carbons (Fsp3) is 0.571. The lowest BCUT2D eigenvalue weighted by Gasteiger charge is -2.24. The van der Waals surface area contributed by atoms with E-state index in [1.165, 1.54) is 12.8 Å². The van der Waals surface area contributed by atoms with Crippen molar-refractivity contribution in [1.82, 2.24) is 0 Å². The van der Waals surface area contributed by atoms with Gasteiger partial charge >= 0.3 is 0 Å². The molecule has 1 aromatic carbocycles. The highest BCUT2D eigenvalue weighted by Crippen LogP contribution is 2.27. The fourth-order valence-electron chi connectivity index (χ4n) is 1.85. The van der Waals surface area contributed by atoms with Gasteiger partial charge in [-0.2, -0.15) is 0 Å². The molecule has 2 nitrogen and oxygen atoms in total. The first-order valence-electron chi connectivity index (χ1n) is 6.18. The van der Waals surface area contributed by atoms with Gasteiger partial charge in [0.2, 0.25) is 0 Å². The van der Waals surface area contributed by atoms with Gasteiger partial charge in [0, 0.05) is 24.8 Å². The van der Waals surface area contributed by atoms with Gasteiger partial charge < -0.3 is 10.0 Å². The summed E-state index contributed by atoms with van der Waals surface area (Å²) < 4.78 is 0. The highest BCUT2D eigenvalue weighted by molar-refractivity contribution is 5.54. The van der Waals surface area contributed by atoms with E-state index in [-0.39, 0.29) is 6.10 Å². The molecule has 0 saturated heterocycles. The molecule has 0 aliphatic heterocycles. The average molecular weight is 221 g/mol. The van der Waals surface area contributed by atoms with Crippen LogP contribution in [0.25, 0.3) is 0 Å². The normalized spacial score (nSPS) is 12.5. The summed E-state index contributed by atoms with van der Waals surface area (Å²) >= 11 is 0. The zero-order valence-electron chi connectivity index (χ0n) is 10.6. The van der Waals surface area contributed by atoms with Crippen molar-refractivity contribution in [3.05, 3.63) is 29.8 Å². The smallest absolute Gasteiger partial charge is 0.0807 e. The van der Waals surface area contributed by atoms with Gasteiger partial charge in [0.25, 0.3) is 0 Å². The molecule has 90 valence electrons. The van der Waals surface area contributed by atoms with E-state index < -0.39 is 0 Å². The summed E-state index contributed by atoms with van der Waals surface area (Å²) in [5.41, 5.74) is 2.20. The molecule has 1 aromatic rings. The van der Waals surface area contributed by atoms with Crippen molar-refractivity contribution in [2.45, 2.75) is 39.2 Å². The molecule has 1 N–H and O–H groups in total. The molecule has 1 atom stereocenters. The number of aliphatic hydroxyl groups excluding tert-OH is 1. The zero-order valence-corrected chi connectivity index (χ0v) is 10.6. The van der Waals surface area contributed by atoms with Gasteiger partial charge in [-0.25, -0.2) is 0 Å². The minimum absolute atomic E-state index is 0.347. The molecule has 0 unspecified atom stereocenters. The highest BCUT2D eigenvalue weighted by Gasteiger charge is 2.12. The molecule has 0 aliphatic rings. The Labute approximate surface area is 98.9 Å². The van der Waals surface area contributed by atoms with Crippen molar-refractivity contribution in [2.24, 2.45) is 0 Å². The molecule has 0 spiro atoms. The Balaban J connectivity index is 2.85. The summed E-state index contributed by atoms with van der Waals surface area (Å²) in [5, 5.41) is 9.96. The summed E-state index contributed by atoms with van der Waals surface area (Å²) in [4.78, 5) is 2.23. The van der Waals surface area contributed by atoms with Crippen LogP contribution in [0.2, 0.25) is 0 Å². The fourth-order valence-corrected chi connectivity index (χ4v) is 1.85. The van der Waals surface area contributed by atoms with Crippen molar-refractivity contribution in [2.75, 3.05) is 18.5 Å². The van der Waals surface area contributed by atoms with Crippen LogP contribution >= 0.6 is 0 Å². The molecule has 0 saturated carbocycles. The van der Waals surface area contributed by atoms with Crippen LogP contribution in [0.15, 0.2) is 24.3 Å². The first-order valence-corrected chi connectivity index (χ1v) is 6.18. The number of rotatable bonds is 6. The van der Waals surface area contributed by atoms with Gasteiger partial charge in [0.15, 0.2) is 0 Å². The van der Waals surface area contributed by atoms with Crippen LogP contribution < -0.4 is 4.90 Å². The van der Waals surface area contributed by atoms with E-state index in [0.717, 1.165) is 24.2 Å². The number of benzene rings is 1. The molecule has 0 fully saturated rings. The van der Waals surface area contributed by atoms with Crippen LogP contribution in [0, 0.1) is 0 Å². The summed E-state index contributed by atoms with van der Waals surface area (Å²) in [5.74, 6) is 0. The summed E-state index contributed by atoms with van der Waals surface area (Å²) in [6, 6.07) is 8.13. The minimum atomic E-state index is -0.347. The number of anilines is 1. The number of aliphatic hydroxyl groups is 1. The van der Waals surface area contributed by atoms with Crippen molar-refractivity contribution < 1.29 is 5.11 Å². The standard InChI is InChI=1S/C14H23NO/c1-4-6-11-15(3)13-10-8-7-9-12(13)14(16)5-2/h7-10,14,16H,4-6,11H2,1-3H3/t14-/m1/s1. The topological polar surface area (TPSA) is 23.5 Å². The number of hydrogen-bond acceptors (Lipinski definition) is 2. The molecule has 0 bridgehead atoms. The second-order valence-corrected chi connectivity index (χ2v) is 4.26. The lowest BCUT2D eigenvalue weighted by atomic mass is 10.0. The predicted molar refractivity (Wildman–Crippen MR) is 69.9 cm³/mol. The van der Waals surface area contributed by atoms with Crippen LogP contribution in [-0.2, 0) is 0 Å². The lowest BCUT2D eigenvalue weighted by molar-refractivity contribution is 0.174. The van der Waals surface area contributed by atoms with Crippen LogP contribution in [0.5, 0.6) is 0 Å². The van der Waals surface area contributed by atoms with E-state index in [9.17, 15) is 5.11 Å². The SMILES string of the molecule is CCCCN(C)c1ccccc1[C@H](O)CC. The third-order valence-electron chi connectivity index (χ3n) is 2.94. The highest BCUT2D eigenvalue weighted by atomic mass is 16.3. The molecule has 1 rings (SSSR count). The molecule has 0 radical (unpaired) electrons. The number of nitrogens with zero attached hydrogens (tertiary/aromatic N) is 1. The second kappa shape index (κ2) is 6.54. The predicted octanol–water partition coefficient (Wildman–Crippen LogP) is 3.37. The van der Waals surface area contributed by atoms with E-state index in [0.29, 0.717) is 0 Å². The Morgan fingerprint density at radius 1 is 1.25 bits per heavy atom.